The van der Waals surface area contributed by atoms with E-state index in [1.54, 1.807) is 47.6 Å². The minimum Gasteiger partial charge on any atom is -0.342 e. The van der Waals surface area contributed by atoms with Gasteiger partial charge in [-0.2, -0.15) is 0 Å². The number of nitrogens with zero attached hydrogens (tertiary/aromatic N) is 4. The number of carbonyl (C=O) groups excluding carboxylic acids is 3. The number of unbranched alkanes of at least 4 members (excludes halogenated alkanes) is 1. The summed E-state index contributed by atoms with van der Waals surface area (Å²) in [5, 5.41) is 3.73. The lowest BCUT2D eigenvalue weighted by molar-refractivity contribution is -0.107. The Morgan fingerprint density at radius 1 is 1.15 bits per heavy atom. The molecule has 0 spiro atoms. The smallest absolute Gasteiger partial charge is 0.254 e. The maximum Gasteiger partial charge on any atom is 0.254 e. The summed E-state index contributed by atoms with van der Waals surface area (Å²) in [7, 11) is 0. The highest BCUT2D eigenvalue weighted by Gasteiger charge is 2.23. The Morgan fingerprint density at radius 3 is 2.71 bits per heavy atom. The molecular formula is C31H33ClN6O3. The highest BCUT2D eigenvalue weighted by molar-refractivity contribution is 6.31. The standard InChI is InChI=1S/C31H33ClN6O3/c1-21-17-22(9-11-25(21)31(41)37-14-4-5-15-37)30(40)36-27(29-34-26-12-10-23(32)18-28(26)35-29)8-2-3-16-38(20-39)24-7-6-13-33-19-24/h6-7,9-13,17-20,27H,2-5,8,14-16H2,1H3,(H,34,35)(H,36,40)/t27-/m0/s1. The van der Waals surface area contributed by atoms with Crippen LogP contribution in [-0.2, 0) is 4.79 Å². The molecule has 0 aliphatic carbocycles. The molecule has 1 saturated heterocycles. The molecule has 1 aliphatic heterocycles. The largest absolute Gasteiger partial charge is 0.342 e. The number of carbonyl (C=O) groups is 3. The first-order chi connectivity index (χ1) is 19.9. The number of likely N-dealkylation sites (tertiary alicyclic amines) is 1. The molecule has 3 amide bonds. The minimum absolute atomic E-state index is 0.0152. The van der Waals surface area contributed by atoms with E-state index in [4.69, 9.17) is 16.6 Å². The van der Waals surface area contributed by atoms with Crippen LogP contribution in [0, 0.1) is 6.92 Å². The van der Waals surface area contributed by atoms with Crippen LogP contribution in [0.3, 0.4) is 0 Å². The minimum atomic E-state index is -0.400. The van der Waals surface area contributed by atoms with Crippen molar-refractivity contribution in [3.05, 3.63) is 88.5 Å². The number of rotatable bonds is 11. The quantitative estimate of drug-likeness (QED) is 0.183. The van der Waals surface area contributed by atoms with Crippen molar-refractivity contribution in [3.8, 4) is 0 Å². The molecule has 0 bridgehead atoms. The molecule has 212 valence electrons. The number of aromatic amines is 1. The van der Waals surface area contributed by atoms with Crippen LogP contribution in [0.15, 0.2) is 60.9 Å². The summed E-state index contributed by atoms with van der Waals surface area (Å²) in [5.74, 6) is 0.399. The molecule has 10 heteroatoms. The molecular weight excluding hydrogens is 540 g/mol. The number of amides is 3. The Bertz CT molecular complexity index is 1530. The van der Waals surface area contributed by atoms with Crippen molar-refractivity contribution < 1.29 is 14.4 Å². The summed E-state index contributed by atoms with van der Waals surface area (Å²) >= 11 is 6.18. The average molecular weight is 573 g/mol. The number of anilines is 1. The Labute approximate surface area is 243 Å². The molecule has 2 aromatic carbocycles. The van der Waals surface area contributed by atoms with E-state index in [-0.39, 0.29) is 11.8 Å². The van der Waals surface area contributed by atoms with Gasteiger partial charge >= 0.3 is 0 Å². The molecule has 1 aliphatic rings. The topological polar surface area (TPSA) is 111 Å². The van der Waals surface area contributed by atoms with Gasteiger partial charge in [-0.05, 0) is 93.1 Å². The van der Waals surface area contributed by atoms with Gasteiger partial charge in [-0.25, -0.2) is 4.98 Å². The van der Waals surface area contributed by atoms with Crippen molar-refractivity contribution in [1.29, 1.82) is 0 Å². The molecule has 5 rings (SSSR count). The van der Waals surface area contributed by atoms with Crippen LogP contribution in [0.25, 0.3) is 11.0 Å². The van der Waals surface area contributed by atoms with E-state index in [2.05, 4.69) is 15.3 Å². The molecule has 3 heterocycles. The lowest BCUT2D eigenvalue weighted by Crippen LogP contribution is -2.30. The SMILES string of the molecule is Cc1cc(C(=O)N[C@@H](CCCCN(C=O)c2cccnc2)c2nc3ccc(Cl)cc3[nH]2)ccc1C(=O)N1CCCC1. The third-order valence-electron chi connectivity index (χ3n) is 7.46. The summed E-state index contributed by atoms with van der Waals surface area (Å²) < 4.78 is 0. The van der Waals surface area contributed by atoms with Crippen LogP contribution < -0.4 is 10.2 Å². The van der Waals surface area contributed by atoms with E-state index in [0.29, 0.717) is 34.9 Å². The third-order valence-corrected chi connectivity index (χ3v) is 7.69. The van der Waals surface area contributed by atoms with Crippen LogP contribution in [-0.4, -0.2) is 57.7 Å². The van der Waals surface area contributed by atoms with Gasteiger partial charge in [-0.1, -0.05) is 11.6 Å². The number of benzene rings is 2. The van der Waals surface area contributed by atoms with Crippen molar-refractivity contribution >= 4 is 46.5 Å². The van der Waals surface area contributed by atoms with Gasteiger partial charge in [0.05, 0.1) is 29.0 Å². The molecule has 9 nitrogen and oxygen atoms in total. The van der Waals surface area contributed by atoms with Crippen molar-refractivity contribution in [2.24, 2.45) is 0 Å². The highest BCUT2D eigenvalue weighted by atomic mass is 35.5. The van der Waals surface area contributed by atoms with Gasteiger partial charge < -0.3 is 20.1 Å². The number of aromatic nitrogens is 3. The molecule has 1 atom stereocenters. The second-order valence-corrected chi connectivity index (χ2v) is 10.8. The van der Waals surface area contributed by atoms with Crippen LogP contribution in [0.4, 0.5) is 5.69 Å². The van der Waals surface area contributed by atoms with E-state index in [0.717, 1.165) is 67.5 Å². The van der Waals surface area contributed by atoms with E-state index in [1.807, 2.05) is 30.0 Å². The van der Waals surface area contributed by atoms with E-state index >= 15 is 0 Å². The number of imidazole rings is 1. The number of pyridine rings is 1. The lowest BCUT2D eigenvalue weighted by atomic mass is 10.0. The van der Waals surface area contributed by atoms with Crippen molar-refractivity contribution in [2.45, 2.75) is 45.1 Å². The number of hydrogen-bond acceptors (Lipinski definition) is 5. The van der Waals surface area contributed by atoms with Gasteiger partial charge in [0, 0.05) is 42.0 Å². The number of halogens is 1. The van der Waals surface area contributed by atoms with Gasteiger partial charge in [0.2, 0.25) is 6.41 Å². The molecule has 0 unspecified atom stereocenters. The maximum absolute atomic E-state index is 13.4. The van der Waals surface area contributed by atoms with Crippen LogP contribution in [0.5, 0.6) is 0 Å². The molecule has 2 N–H and O–H groups in total. The summed E-state index contributed by atoms with van der Waals surface area (Å²) in [4.78, 5) is 53.6. The van der Waals surface area contributed by atoms with Crippen molar-refractivity contribution in [1.82, 2.24) is 25.2 Å². The highest BCUT2D eigenvalue weighted by Crippen LogP contribution is 2.24. The fourth-order valence-corrected chi connectivity index (χ4v) is 5.39. The average Bonchev–Trinajstić information content (AvgIpc) is 3.67. The van der Waals surface area contributed by atoms with E-state index in [9.17, 15) is 14.4 Å². The predicted octanol–water partition coefficient (Wildman–Crippen LogP) is 5.46. The van der Waals surface area contributed by atoms with Gasteiger partial charge in [0.1, 0.15) is 5.82 Å². The summed E-state index contributed by atoms with van der Waals surface area (Å²) in [6, 6.07) is 13.9. The van der Waals surface area contributed by atoms with Crippen LogP contribution >= 0.6 is 11.6 Å². The van der Waals surface area contributed by atoms with Gasteiger partial charge in [0.25, 0.3) is 11.8 Å². The maximum atomic E-state index is 13.4. The summed E-state index contributed by atoms with van der Waals surface area (Å²) in [5.41, 5.74) is 4.16. The molecule has 0 radical (unpaired) electrons. The zero-order valence-electron chi connectivity index (χ0n) is 23.0. The number of H-pyrrole nitrogens is 1. The first-order valence-corrected chi connectivity index (χ1v) is 14.3. The first-order valence-electron chi connectivity index (χ1n) is 13.9. The molecule has 4 aromatic rings. The summed E-state index contributed by atoms with van der Waals surface area (Å²) in [6.45, 7) is 3.94. The van der Waals surface area contributed by atoms with Crippen LogP contribution in [0.1, 0.15) is 70.2 Å². The normalized spacial score (nSPS) is 13.8. The monoisotopic (exact) mass is 572 g/mol. The first kappa shape index (κ1) is 28.3. The molecule has 1 fully saturated rings. The number of nitrogens with one attached hydrogen (secondary N) is 2. The van der Waals surface area contributed by atoms with Gasteiger partial charge in [0.15, 0.2) is 0 Å². The van der Waals surface area contributed by atoms with Crippen molar-refractivity contribution in [3.63, 3.8) is 0 Å². The Morgan fingerprint density at radius 2 is 1.98 bits per heavy atom. The predicted molar refractivity (Wildman–Crippen MR) is 159 cm³/mol. The van der Waals surface area contributed by atoms with E-state index in [1.165, 1.54) is 0 Å². The number of hydrogen-bond donors (Lipinski definition) is 2. The second-order valence-electron chi connectivity index (χ2n) is 10.3. The Balaban J connectivity index is 1.30. The zero-order chi connectivity index (χ0) is 28.8. The molecule has 41 heavy (non-hydrogen) atoms. The third kappa shape index (κ3) is 6.74. The van der Waals surface area contributed by atoms with E-state index < -0.39 is 6.04 Å². The fourth-order valence-electron chi connectivity index (χ4n) is 5.22. The molecule has 2 aromatic heterocycles. The zero-order valence-corrected chi connectivity index (χ0v) is 23.7. The van der Waals surface area contributed by atoms with Crippen LogP contribution in [0.2, 0.25) is 5.02 Å². The fraction of sp³-hybridized carbons (Fsp3) is 0.323. The Hall–Kier alpha value is -4.24. The second kappa shape index (κ2) is 13.0. The van der Waals surface area contributed by atoms with Gasteiger partial charge in [-0.15, -0.1) is 0 Å². The van der Waals surface area contributed by atoms with Crippen molar-refractivity contribution in [2.75, 3.05) is 24.5 Å². The number of aryl methyl sites for hydroxylation is 1. The number of fused-ring (bicyclic) bond motifs is 1. The molecule has 0 saturated carbocycles. The lowest BCUT2D eigenvalue weighted by Gasteiger charge is -2.20. The summed E-state index contributed by atoms with van der Waals surface area (Å²) in [6.07, 6.45) is 8.23. The Kier molecular flexibility index (Phi) is 8.94. The van der Waals surface area contributed by atoms with Gasteiger partial charge in [-0.3, -0.25) is 19.4 Å².